The molecule has 0 saturated heterocycles. The van der Waals surface area contributed by atoms with E-state index < -0.39 is 29.4 Å². The van der Waals surface area contributed by atoms with E-state index in [9.17, 15) is 13.6 Å². The van der Waals surface area contributed by atoms with E-state index in [2.05, 4.69) is 5.10 Å². The number of hydrazone groups is 1. The van der Waals surface area contributed by atoms with Crippen molar-refractivity contribution >= 4 is 11.8 Å². The van der Waals surface area contributed by atoms with E-state index in [1.165, 1.54) is 7.11 Å². The van der Waals surface area contributed by atoms with E-state index in [4.69, 9.17) is 19.9 Å². The molecule has 3 rings (SSSR count). The van der Waals surface area contributed by atoms with Gasteiger partial charge in [-0.25, -0.2) is 8.78 Å². The lowest BCUT2D eigenvalue weighted by Crippen LogP contribution is -2.49. The van der Waals surface area contributed by atoms with E-state index in [0.717, 1.165) is 23.2 Å². The fourth-order valence-electron chi connectivity index (χ4n) is 3.47. The molecule has 0 bridgehead atoms. The van der Waals surface area contributed by atoms with Crippen LogP contribution in [0, 0.1) is 11.6 Å². The highest BCUT2D eigenvalue weighted by Crippen LogP contribution is 2.41. The van der Waals surface area contributed by atoms with Crippen molar-refractivity contribution in [3.05, 3.63) is 71.3 Å². The van der Waals surface area contributed by atoms with Crippen LogP contribution in [0.4, 0.5) is 8.78 Å². The fraction of sp³-hybridized carbons (Fsp3) is 0.391. The van der Waals surface area contributed by atoms with Crippen LogP contribution in [0.1, 0.15) is 30.9 Å². The molecule has 9 heteroatoms. The van der Waals surface area contributed by atoms with Gasteiger partial charge in [0.05, 0.1) is 18.8 Å². The number of amides is 1. The lowest BCUT2D eigenvalue weighted by atomic mass is 9.96. The van der Waals surface area contributed by atoms with Crippen molar-refractivity contribution in [2.45, 2.75) is 31.6 Å². The lowest BCUT2D eigenvalue weighted by Gasteiger charge is -2.36. The van der Waals surface area contributed by atoms with Gasteiger partial charge in [0.2, 0.25) is 11.6 Å². The molecule has 7 nitrogen and oxygen atoms in total. The predicted octanol–water partition coefficient (Wildman–Crippen LogP) is 3.13. The molecule has 1 heterocycles. The van der Waals surface area contributed by atoms with Gasteiger partial charge < -0.3 is 19.9 Å². The van der Waals surface area contributed by atoms with E-state index in [-0.39, 0.29) is 24.5 Å². The summed E-state index contributed by atoms with van der Waals surface area (Å²) in [6.07, 6.45) is -0.102. The number of methoxy groups -OCH3 is 1. The zero-order valence-electron chi connectivity index (χ0n) is 18.1. The highest BCUT2D eigenvalue weighted by atomic mass is 19.1. The first kappa shape index (κ1) is 23.8. The molecule has 0 radical (unpaired) electrons. The first-order valence-electron chi connectivity index (χ1n) is 10.4. The summed E-state index contributed by atoms with van der Waals surface area (Å²) in [5.41, 5.74) is 4.81. The molecule has 172 valence electrons. The number of ether oxygens (including phenoxy) is 3. The number of nitrogens with zero attached hydrogens (tertiary/aromatic N) is 2. The molecule has 2 aromatic rings. The Bertz CT molecular complexity index is 958. The Morgan fingerprint density at radius 1 is 1.22 bits per heavy atom. The summed E-state index contributed by atoms with van der Waals surface area (Å²) in [4.78, 5) is 13.4. The van der Waals surface area contributed by atoms with Crippen LogP contribution >= 0.6 is 0 Å². The van der Waals surface area contributed by atoms with Crippen molar-refractivity contribution in [3.8, 4) is 0 Å². The van der Waals surface area contributed by atoms with Gasteiger partial charge in [-0.15, -0.1) is 5.10 Å². The summed E-state index contributed by atoms with van der Waals surface area (Å²) >= 11 is 0. The maximum atomic E-state index is 14.5. The Morgan fingerprint density at radius 3 is 2.66 bits per heavy atom. The average Bonchev–Trinajstić information content (AvgIpc) is 3.20. The van der Waals surface area contributed by atoms with Crippen molar-refractivity contribution < 1.29 is 27.8 Å². The second-order valence-corrected chi connectivity index (χ2v) is 7.33. The largest absolute Gasteiger partial charge is 0.443 e. The molecule has 2 aromatic carbocycles. The number of carbonyl (C=O) groups excluding carboxylic acids is 1. The zero-order valence-corrected chi connectivity index (χ0v) is 18.1. The zero-order chi connectivity index (χ0) is 23.1. The summed E-state index contributed by atoms with van der Waals surface area (Å²) in [6.45, 7) is 2.44. The summed E-state index contributed by atoms with van der Waals surface area (Å²) in [6, 6.07) is 12.0. The number of benzene rings is 2. The molecule has 32 heavy (non-hydrogen) atoms. The second kappa shape index (κ2) is 10.6. The Kier molecular flexibility index (Phi) is 7.89. The number of hydrogen-bond donors (Lipinski definition) is 1. The van der Waals surface area contributed by atoms with E-state index in [0.29, 0.717) is 25.1 Å². The van der Waals surface area contributed by atoms with Gasteiger partial charge in [-0.05, 0) is 38.1 Å². The van der Waals surface area contributed by atoms with E-state index in [1.54, 1.807) is 31.2 Å². The number of halogens is 2. The second-order valence-electron chi connectivity index (χ2n) is 7.33. The minimum absolute atomic E-state index is 0.179. The topological polar surface area (TPSA) is 86.4 Å². The third kappa shape index (κ3) is 4.95. The van der Waals surface area contributed by atoms with Crippen LogP contribution in [0.25, 0.3) is 0 Å². The summed E-state index contributed by atoms with van der Waals surface area (Å²) in [7, 11) is 1.53. The van der Waals surface area contributed by atoms with Gasteiger partial charge in [-0.3, -0.25) is 4.79 Å². The van der Waals surface area contributed by atoms with Gasteiger partial charge in [-0.1, -0.05) is 30.3 Å². The molecule has 1 amide bonds. The normalized spacial score (nSPS) is 18.9. The van der Waals surface area contributed by atoms with E-state index >= 15 is 0 Å². The van der Waals surface area contributed by atoms with Crippen LogP contribution in [-0.2, 0) is 24.7 Å². The third-order valence-corrected chi connectivity index (χ3v) is 5.11. The molecule has 1 aliphatic heterocycles. The third-order valence-electron chi connectivity index (χ3n) is 5.11. The van der Waals surface area contributed by atoms with Crippen molar-refractivity contribution in [1.82, 2.24) is 5.01 Å². The van der Waals surface area contributed by atoms with Crippen LogP contribution in [0.15, 0.2) is 53.6 Å². The molecule has 0 aliphatic carbocycles. The Labute approximate surface area is 185 Å². The van der Waals surface area contributed by atoms with Crippen LogP contribution in [0.2, 0.25) is 0 Å². The van der Waals surface area contributed by atoms with Gasteiger partial charge in [0.15, 0.2) is 0 Å². The number of hydrogen-bond acceptors (Lipinski definition) is 6. The monoisotopic (exact) mass is 447 g/mol. The minimum Gasteiger partial charge on any atom is -0.443 e. The molecule has 0 fully saturated rings. The maximum absolute atomic E-state index is 14.5. The molecule has 0 saturated carbocycles. The average molecular weight is 447 g/mol. The molecule has 2 N–H and O–H groups in total. The van der Waals surface area contributed by atoms with Gasteiger partial charge in [0.1, 0.15) is 17.7 Å². The molecule has 1 aliphatic rings. The number of carbonyl (C=O) groups is 1. The molecule has 1 unspecified atom stereocenters. The standard InChI is InChI=1S/C23H27F2N3O4/c1-16(31-14-13-30-2)22(29)28-23(11-6-12-26,17-7-4-3-5-8-17)32-21(27-28)19-15-18(24)9-10-20(19)25/h3-5,7-10,15-16H,6,11-14,26H2,1-2H3/t16-,23?/m0/s1. The molecular formula is C23H27F2N3O4. The summed E-state index contributed by atoms with van der Waals surface area (Å²) in [5, 5.41) is 5.47. The van der Waals surface area contributed by atoms with Crippen LogP contribution in [0.5, 0.6) is 0 Å². The Balaban J connectivity index is 2.07. The molecular weight excluding hydrogens is 420 g/mol. The lowest BCUT2D eigenvalue weighted by molar-refractivity contribution is -0.164. The van der Waals surface area contributed by atoms with Gasteiger partial charge in [-0.2, -0.15) is 5.01 Å². The van der Waals surface area contributed by atoms with Crippen LogP contribution in [-0.4, -0.2) is 49.8 Å². The van der Waals surface area contributed by atoms with Crippen LogP contribution in [0.3, 0.4) is 0 Å². The quantitative estimate of drug-likeness (QED) is 0.566. The van der Waals surface area contributed by atoms with Gasteiger partial charge >= 0.3 is 0 Å². The van der Waals surface area contributed by atoms with Crippen molar-refractivity contribution in [2.24, 2.45) is 10.8 Å². The SMILES string of the molecule is COCCO[C@@H](C)C(=O)N1N=C(c2cc(F)ccc2F)OC1(CCCN)c1ccccc1. The number of rotatable bonds is 10. The van der Waals surface area contributed by atoms with Crippen molar-refractivity contribution in [3.63, 3.8) is 0 Å². The van der Waals surface area contributed by atoms with Crippen molar-refractivity contribution in [1.29, 1.82) is 0 Å². The fourth-order valence-corrected chi connectivity index (χ4v) is 3.47. The van der Waals surface area contributed by atoms with Crippen molar-refractivity contribution in [2.75, 3.05) is 26.9 Å². The summed E-state index contributed by atoms with van der Waals surface area (Å²) in [5.74, 6) is -2.06. The minimum atomic E-state index is -1.38. The molecule has 2 atom stereocenters. The van der Waals surface area contributed by atoms with Gasteiger partial charge in [0.25, 0.3) is 5.91 Å². The highest BCUT2D eigenvalue weighted by molar-refractivity contribution is 5.97. The Morgan fingerprint density at radius 2 is 1.97 bits per heavy atom. The first-order chi connectivity index (χ1) is 15.4. The number of nitrogens with two attached hydrogens (primary N) is 1. The van der Waals surface area contributed by atoms with Crippen LogP contribution < -0.4 is 5.73 Å². The predicted molar refractivity (Wildman–Crippen MR) is 115 cm³/mol. The highest BCUT2D eigenvalue weighted by Gasteiger charge is 2.50. The Hall–Kier alpha value is -2.88. The molecule has 0 aromatic heterocycles. The smallest absolute Gasteiger partial charge is 0.275 e. The summed E-state index contributed by atoms with van der Waals surface area (Å²) < 4.78 is 45.1. The van der Waals surface area contributed by atoms with Gasteiger partial charge in [0, 0.05) is 19.1 Å². The maximum Gasteiger partial charge on any atom is 0.275 e. The first-order valence-corrected chi connectivity index (χ1v) is 10.4. The van der Waals surface area contributed by atoms with E-state index in [1.807, 2.05) is 6.07 Å². The molecule has 0 spiro atoms.